The summed E-state index contributed by atoms with van der Waals surface area (Å²) in [7, 11) is 0. The van der Waals surface area contributed by atoms with Crippen LogP contribution in [-0.4, -0.2) is 33.7 Å². The number of carbonyl (C=O) groups is 2. The summed E-state index contributed by atoms with van der Waals surface area (Å²) < 4.78 is 4.74. The van der Waals surface area contributed by atoms with E-state index >= 15 is 0 Å². The summed E-state index contributed by atoms with van der Waals surface area (Å²) in [5, 5.41) is 2.27. The highest BCUT2D eigenvalue weighted by Crippen LogP contribution is 1.92. The van der Waals surface area contributed by atoms with Gasteiger partial charge in [-0.1, -0.05) is 0 Å². The predicted octanol–water partition coefficient (Wildman–Crippen LogP) is -2.06. The highest BCUT2D eigenvalue weighted by molar-refractivity contribution is 7.80. The molecule has 0 rings (SSSR count). The minimum atomic E-state index is -0.989. The average Bonchev–Trinajstić information content (AvgIpc) is 2.13. The molecular weight excluding hydrogens is 282 g/mol. The lowest BCUT2D eigenvalue weighted by Gasteiger charge is -2.24. The van der Waals surface area contributed by atoms with Gasteiger partial charge in [0, 0.05) is 0 Å². The van der Waals surface area contributed by atoms with Crippen molar-refractivity contribution in [2.75, 3.05) is 0 Å². The third-order valence-corrected chi connectivity index (χ3v) is 1.43. The van der Waals surface area contributed by atoms with E-state index in [9.17, 15) is 9.59 Å². The molecule has 0 aliphatic rings. The van der Waals surface area contributed by atoms with Crippen molar-refractivity contribution in [2.45, 2.75) is 13.2 Å². The van der Waals surface area contributed by atoms with Crippen LogP contribution < -0.4 is 33.4 Å². The Morgan fingerprint density at radius 3 is 1.94 bits per heavy atom. The number of carbonyl (C=O) groups excluding carboxylic acids is 2. The van der Waals surface area contributed by atoms with Crippen LogP contribution in [0.5, 0.6) is 0 Å². The van der Waals surface area contributed by atoms with Crippen LogP contribution in [0.1, 0.15) is 6.92 Å². The smallest absolute Gasteiger partial charge is 0.423 e. The molecule has 0 aromatic rings. The number of ether oxygens (including phenoxy) is 1. The van der Waals surface area contributed by atoms with E-state index in [0.29, 0.717) is 5.12 Å². The van der Waals surface area contributed by atoms with Crippen molar-refractivity contribution in [3.8, 4) is 0 Å². The van der Waals surface area contributed by atoms with Crippen LogP contribution in [0, 0.1) is 0 Å². The second-order valence-electron chi connectivity index (χ2n) is 2.82. The van der Waals surface area contributed by atoms with E-state index in [4.69, 9.17) is 21.9 Å². The number of nitrogens with one attached hydrogen (secondary N) is 3. The van der Waals surface area contributed by atoms with Gasteiger partial charge in [0.05, 0.1) is 0 Å². The average molecular weight is 295 g/mol. The van der Waals surface area contributed by atoms with Crippen LogP contribution in [0.2, 0.25) is 0 Å². The van der Waals surface area contributed by atoms with E-state index in [0.717, 1.165) is 0 Å². The Labute approximate surface area is 113 Å². The van der Waals surface area contributed by atoms with Gasteiger partial charge in [-0.05, 0) is 31.4 Å². The van der Waals surface area contributed by atoms with Crippen LogP contribution in [0.25, 0.3) is 0 Å². The summed E-state index contributed by atoms with van der Waals surface area (Å²) in [4.78, 5) is 22.1. The van der Waals surface area contributed by atoms with Gasteiger partial charge in [0.25, 0.3) is 0 Å². The van der Waals surface area contributed by atoms with Gasteiger partial charge in [-0.15, -0.1) is 5.12 Å². The molecule has 0 aliphatic carbocycles. The third-order valence-electron chi connectivity index (χ3n) is 1.25. The molecule has 0 bridgehead atoms. The zero-order valence-corrected chi connectivity index (χ0v) is 10.9. The van der Waals surface area contributed by atoms with Crippen molar-refractivity contribution in [2.24, 2.45) is 17.2 Å². The molecule has 0 aromatic carbocycles. The Kier molecular flexibility index (Phi) is 6.44. The first-order chi connectivity index (χ1) is 8.22. The van der Waals surface area contributed by atoms with Crippen LogP contribution >= 0.6 is 24.4 Å². The van der Waals surface area contributed by atoms with Crippen molar-refractivity contribution < 1.29 is 14.3 Å². The molecule has 0 radical (unpaired) electrons. The lowest BCUT2D eigenvalue weighted by Crippen LogP contribution is -2.59. The first-order valence-electron chi connectivity index (χ1n) is 4.41. The van der Waals surface area contributed by atoms with E-state index in [1.54, 1.807) is 0 Å². The summed E-state index contributed by atoms with van der Waals surface area (Å²) in [6.45, 7) is 1.38. The number of nitrogens with two attached hydrogens (primary N) is 3. The van der Waals surface area contributed by atoms with Gasteiger partial charge in [0.2, 0.25) is 0 Å². The molecule has 10 nitrogen and oxygen atoms in total. The maximum absolute atomic E-state index is 11.6. The lowest BCUT2D eigenvalue weighted by molar-refractivity contribution is 0.0457. The zero-order chi connectivity index (χ0) is 14.3. The summed E-state index contributed by atoms with van der Waals surface area (Å²) in [6.07, 6.45) is -1.96. The molecule has 12 heteroatoms. The summed E-state index contributed by atoms with van der Waals surface area (Å²) in [5.74, 6) is 0. The van der Waals surface area contributed by atoms with Crippen LogP contribution in [-0.2, 0) is 4.74 Å². The monoisotopic (exact) mass is 295 g/mol. The topological polar surface area (TPSA) is 161 Å². The molecule has 3 amide bonds. The normalized spacial score (nSPS) is 10.7. The molecular formula is C6H13N7O3S2. The van der Waals surface area contributed by atoms with Crippen LogP contribution in [0.15, 0.2) is 0 Å². The third kappa shape index (κ3) is 7.24. The van der Waals surface area contributed by atoms with Gasteiger partial charge in [-0.3, -0.25) is 0 Å². The standard InChI is InChI=1S/C6H13N7O3S2/c1-2(10-3(7)14)16-6(15)13(11-4(8)17)12-5(9)18/h2H,1H3,(H3,7,10,14)(H3,8,11,17)(H3,9,12,18). The number of nitrogens with zero attached hydrogens (tertiary/aromatic N) is 1. The van der Waals surface area contributed by atoms with Crippen LogP contribution in [0.4, 0.5) is 9.59 Å². The van der Waals surface area contributed by atoms with Crippen LogP contribution in [0.3, 0.4) is 0 Å². The first kappa shape index (κ1) is 15.9. The quantitative estimate of drug-likeness (QED) is 0.191. The fourth-order valence-electron chi connectivity index (χ4n) is 0.773. The molecule has 0 saturated carbocycles. The Morgan fingerprint density at radius 1 is 1.17 bits per heavy atom. The van der Waals surface area contributed by atoms with Gasteiger partial charge in [0.1, 0.15) is 0 Å². The molecule has 0 heterocycles. The number of amides is 3. The van der Waals surface area contributed by atoms with Gasteiger partial charge >= 0.3 is 12.1 Å². The highest BCUT2D eigenvalue weighted by atomic mass is 32.1. The maximum Gasteiger partial charge on any atom is 0.450 e. The van der Waals surface area contributed by atoms with Crippen molar-refractivity contribution in [1.82, 2.24) is 21.3 Å². The van der Waals surface area contributed by atoms with Gasteiger partial charge < -0.3 is 27.3 Å². The first-order valence-corrected chi connectivity index (χ1v) is 5.23. The van der Waals surface area contributed by atoms with Gasteiger partial charge in [0.15, 0.2) is 16.5 Å². The van der Waals surface area contributed by atoms with E-state index in [1.807, 2.05) is 0 Å². The van der Waals surface area contributed by atoms with Crippen molar-refractivity contribution in [3.63, 3.8) is 0 Å². The van der Waals surface area contributed by atoms with Gasteiger partial charge in [-0.25, -0.2) is 20.4 Å². The highest BCUT2D eigenvalue weighted by Gasteiger charge is 2.19. The Balaban J connectivity index is 4.49. The number of thiocarbonyl (C=S) groups is 2. The summed E-state index contributed by atoms with van der Waals surface area (Å²) in [6, 6.07) is -0.855. The predicted molar refractivity (Wildman–Crippen MR) is 70.3 cm³/mol. The van der Waals surface area contributed by atoms with Crippen molar-refractivity contribution >= 4 is 46.8 Å². The number of urea groups is 1. The fourth-order valence-corrected chi connectivity index (χ4v) is 0.956. The van der Waals surface area contributed by atoms with E-state index in [1.165, 1.54) is 6.92 Å². The number of rotatable bonds is 2. The molecule has 0 saturated heterocycles. The molecule has 0 aromatic heterocycles. The molecule has 0 aliphatic heterocycles. The number of primary amides is 1. The fraction of sp³-hybridized carbons (Fsp3) is 0.333. The Bertz CT molecular complexity index is 347. The van der Waals surface area contributed by atoms with E-state index in [-0.39, 0.29) is 10.2 Å². The molecule has 102 valence electrons. The Morgan fingerprint density at radius 2 is 1.61 bits per heavy atom. The number of hydrazine groups is 2. The van der Waals surface area contributed by atoms with Crippen molar-refractivity contribution in [1.29, 1.82) is 0 Å². The Hall–Kier alpha value is -2.08. The number of hydrogen-bond acceptors (Lipinski definition) is 5. The minimum absolute atomic E-state index is 0.230. The largest absolute Gasteiger partial charge is 0.450 e. The molecule has 9 N–H and O–H groups in total. The maximum atomic E-state index is 11.6. The molecule has 0 fully saturated rings. The second-order valence-corrected chi connectivity index (χ2v) is 3.70. The molecule has 1 unspecified atom stereocenters. The SMILES string of the molecule is CC(NC(N)=O)OC(=O)N(NC(N)=S)NC(N)=S. The minimum Gasteiger partial charge on any atom is -0.423 e. The van der Waals surface area contributed by atoms with Gasteiger partial charge in [-0.2, -0.15) is 0 Å². The van der Waals surface area contributed by atoms with E-state index < -0.39 is 18.4 Å². The molecule has 0 spiro atoms. The van der Waals surface area contributed by atoms with E-state index in [2.05, 4.69) is 40.6 Å². The molecule has 18 heavy (non-hydrogen) atoms. The summed E-state index contributed by atoms with van der Waals surface area (Å²) >= 11 is 9.06. The zero-order valence-electron chi connectivity index (χ0n) is 9.30. The lowest BCUT2D eigenvalue weighted by atomic mass is 10.6. The summed E-state index contributed by atoms with van der Waals surface area (Å²) in [5.41, 5.74) is 19.6. The molecule has 1 atom stereocenters. The number of hydrogen-bond donors (Lipinski definition) is 6. The second kappa shape index (κ2) is 7.29. The van der Waals surface area contributed by atoms with Crippen molar-refractivity contribution in [3.05, 3.63) is 0 Å².